The Balaban J connectivity index is 0.00000441. The fraction of sp³-hybridized carbons (Fsp3) is 0.819. The summed E-state index contributed by atoms with van der Waals surface area (Å²) < 4.78 is 196. The molecule has 4 radical (unpaired) electrons. The van der Waals surface area contributed by atoms with Crippen LogP contribution >= 0.6 is 0 Å². The zero-order chi connectivity index (χ0) is 83.1. The molecule has 6 N–H and O–H groups in total. The summed E-state index contributed by atoms with van der Waals surface area (Å²) in [6, 6.07) is 11.9. The fourth-order valence-electron chi connectivity index (χ4n) is 18.2. The van der Waals surface area contributed by atoms with Crippen molar-refractivity contribution in [2.24, 2.45) is 59.2 Å². The molecule has 12 rings (SSSR count). The van der Waals surface area contributed by atoms with Crippen molar-refractivity contribution in [1.29, 1.82) is 0 Å². The molecule has 36 heteroatoms. The van der Waals surface area contributed by atoms with Gasteiger partial charge < -0.3 is 110 Å². The molecule has 43 atom stereocenters. The van der Waals surface area contributed by atoms with Crippen LogP contribution in [0.25, 0.3) is 0 Å². The standard InChI is InChI=1S/C83H130N2O28S2.4Ac/c1-20-53-61(86)71(63(88)80(99-53)104-65-38(7)36-37-95-55(65)22-3)109-78-59(84-114(91,92)51-32-28-26-29-33-51)69(107-75-45(14)39(8)42(11)48(17)96-75)66(56(23-4)101-78)105-81-64(89)72(62(87)54(21-2)100-81)110-79-60(85-115(93,94)52-34-30-27-31-35-52)70(108-76-46(15)40(9)43(12)49(18)97-76)67(57(24-5)102-79)106-82-74(73-68(58(25-6)103-82)112-83(90)113-73)111-77-47(16)41(10)44(13)50(19)98-77;;;;/h26-50,53-82,84-89H,20-25H2,1-19H3;;;;/t38?,39?,40?,41?,42-,43-,44?,45?,46?,47?,48?,49?,50-,53?,54?,55?,56?,57?,58?,59?,60?,61-,62-,63?,64?,65-,66+,67+,68-,69?,70?,71?,72?,73?,74?,75-,76-,77-,78-,79-,80-,81-,82-;;;;/m0..../s1. The minimum Gasteiger partial charge on any atom is -0.496 e. The van der Waals surface area contributed by atoms with Crippen molar-refractivity contribution in [2.75, 3.05) is 0 Å². The second kappa shape index (κ2) is 46.6. The Morgan fingerprint density at radius 3 is 1.03 bits per heavy atom. The van der Waals surface area contributed by atoms with Gasteiger partial charge in [-0.05, 0) is 125 Å². The van der Waals surface area contributed by atoms with Crippen molar-refractivity contribution >= 4 is 26.2 Å². The van der Waals surface area contributed by atoms with Gasteiger partial charge in [0.15, 0.2) is 68.6 Å². The van der Waals surface area contributed by atoms with Gasteiger partial charge >= 0.3 is 6.16 Å². The second-order valence-corrected chi connectivity index (χ2v) is 37.4. The van der Waals surface area contributed by atoms with Gasteiger partial charge in [0, 0.05) is 200 Å². The number of aliphatic hydroxyl groups is 4. The fourth-order valence-corrected chi connectivity index (χ4v) is 20.7. The SMILES string of the molecule is CCC1O[C@@H](O[C@@H]2C(CC)O[C@@H](OC3C(O)[C@H](O[C@H]4C(C)C=COC4CC)OC(CC)[C@@H]3O)C(NS(=O)(=O)c3ccccc3)C2O[C@@H]2OC(C)[C@@H](C)C(C)C2C)C(O)C(O[C@@H]2OC(CC)[C@@H](O[C@@H]3OC(CC)[C@@H]4OC(=O)OC4C3O[C@@H]3O[C@@H](C)C(C)C(C)C3C)C(O[C@@H]3OC(C)[C@@H](C)C(C)C3C)C2NS(=O)(=O)c2ccccc2)[C@H]1O.[Ac].[Ac].[Ac].[Ac]. The van der Waals surface area contributed by atoms with Gasteiger partial charge in [0.25, 0.3) is 0 Å². The molecule has 0 aromatic heterocycles. The molecule has 10 aliphatic rings. The molecule has 9 saturated heterocycles. The van der Waals surface area contributed by atoms with Gasteiger partial charge in [-0.25, -0.2) is 31.1 Å². The van der Waals surface area contributed by atoms with Gasteiger partial charge in [0.2, 0.25) is 20.0 Å². The monoisotopic (exact) mass is 2570 g/mol. The summed E-state index contributed by atoms with van der Waals surface area (Å²) in [6.07, 6.45) is -33.9. The average Bonchev–Trinajstić information content (AvgIpc) is 1.74. The maximum atomic E-state index is 15.4. The number of ether oxygens (including phenoxy) is 19. The number of sulfonamides is 2. The number of carbonyl (C=O) groups excluding carboxylic acids is 1. The largest absolute Gasteiger partial charge is 0.509 e. The third-order valence-corrected chi connectivity index (χ3v) is 30.1. The van der Waals surface area contributed by atoms with Gasteiger partial charge in [0.1, 0.15) is 91.4 Å². The first-order valence-electron chi connectivity index (χ1n) is 42.2. The topological polar surface area (TPSA) is 366 Å². The quantitative estimate of drug-likeness (QED) is 0.0434. The number of hydrogen-bond acceptors (Lipinski definition) is 28. The summed E-state index contributed by atoms with van der Waals surface area (Å²) in [5.41, 5.74) is 0. The van der Waals surface area contributed by atoms with E-state index in [9.17, 15) is 25.2 Å². The van der Waals surface area contributed by atoms with Crippen molar-refractivity contribution in [3.63, 3.8) is 0 Å². The van der Waals surface area contributed by atoms with E-state index in [1.54, 1.807) is 63.4 Å². The van der Waals surface area contributed by atoms with Crippen LogP contribution in [-0.4, -0.2) is 246 Å². The van der Waals surface area contributed by atoms with Crippen LogP contribution < -0.4 is 9.44 Å². The van der Waals surface area contributed by atoms with E-state index in [-0.39, 0.29) is 289 Å². The summed E-state index contributed by atoms with van der Waals surface area (Å²) in [5, 5.41) is 51.2. The first-order chi connectivity index (χ1) is 54.7. The van der Waals surface area contributed by atoms with E-state index in [0.717, 1.165) is 0 Å². The van der Waals surface area contributed by atoms with E-state index in [4.69, 9.17) is 90.0 Å². The molecule has 9 fully saturated rings. The molecule has 26 unspecified atom stereocenters. The molecule has 0 bridgehead atoms. The molecule has 0 aliphatic carbocycles. The number of benzene rings is 2. The van der Waals surface area contributed by atoms with Gasteiger partial charge in [-0.1, -0.05) is 147 Å². The molecule has 10 aliphatic heterocycles. The summed E-state index contributed by atoms with van der Waals surface area (Å²) in [6.45, 7) is 37.3. The van der Waals surface area contributed by atoms with Crippen LogP contribution in [0.3, 0.4) is 0 Å². The third kappa shape index (κ3) is 23.6. The second-order valence-electron chi connectivity index (χ2n) is 34.0. The van der Waals surface area contributed by atoms with E-state index in [2.05, 4.69) is 51.0 Å². The zero-order valence-corrected chi connectivity index (χ0v) is 92.8. The first kappa shape index (κ1) is 106. The van der Waals surface area contributed by atoms with E-state index in [1.807, 2.05) is 75.3 Å². The molecule has 2 aromatic rings. The Hall–Kier alpha value is 2.04. The average molecular weight is 2580 g/mol. The maximum Gasteiger partial charge on any atom is 0.509 e. The molecule has 664 valence electrons. The Morgan fingerprint density at radius 1 is 0.328 bits per heavy atom. The van der Waals surface area contributed by atoms with Gasteiger partial charge in [-0.2, -0.15) is 0 Å². The molecule has 30 nitrogen and oxygen atoms in total. The Labute approximate surface area is 847 Å². The Bertz CT molecular complexity index is 3720. The number of hydrogen-bond donors (Lipinski definition) is 6. The number of carbonyl (C=O) groups is 1. The number of fused-ring (bicyclic) bond motifs is 1. The van der Waals surface area contributed by atoms with Crippen molar-refractivity contribution in [3.05, 3.63) is 73.0 Å². The van der Waals surface area contributed by atoms with Crippen LogP contribution in [0.1, 0.15) is 170 Å². The molecular weight excluding hydrogens is 2450 g/mol. The van der Waals surface area contributed by atoms with E-state index in [0.29, 0.717) is 12.8 Å². The van der Waals surface area contributed by atoms with Crippen LogP contribution in [-0.2, 0) is 110 Å². The van der Waals surface area contributed by atoms with Crippen LogP contribution in [0.4, 0.5) is 4.79 Å². The molecule has 10 heterocycles. The zero-order valence-electron chi connectivity index (χ0n) is 72.2. The molecular formula is C83H130Ac4N2O28S2. The Morgan fingerprint density at radius 2 is 0.647 bits per heavy atom. The summed E-state index contributed by atoms with van der Waals surface area (Å²) in [7, 11) is -9.28. The third-order valence-electron chi connectivity index (χ3n) is 27.1. The minimum atomic E-state index is -4.65. The first-order valence-corrected chi connectivity index (χ1v) is 45.2. The smallest absolute Gasteiger partial charge is 0.496 e. The summed E-state index contributed by atoms with van der Waals surface area (Å²) in [5.74, 6) is -0.722. The van der Waals surface area contributed by atoms with E-state index in [1.165, 1.54) is 24.3 Å². The van der Waals surface area contributed by atoms with Crippen LogP contribution in [0.2, 0.25) is 0 Å². The normalized spacial score (nSPS) is 45.7. The molecule has 0 saturated carbocycles. The van der Waals surface area contributed by atoms with Crippen molar-refractivity contribution in [1.82, 2.24) is 9.44 Å². The summed E-state index contributed by atoms with van der Waals surface area (Å²) >= 11 is 0. The number of nitrogens with one attached hydrogen (secondary N) is 2. The molecule has 119 heavy (non-hydrogen) atoms. The number of aliphatic hydroxyl groups excluding tert-OH is 4. The van der Waals surface area contributed by atoms with Gasteiger partial charge in [-0.15, -0.1) is 0 Å². The predicted octanol–water partition coefficient (Wildman–Crippen LogP) is 8.70. The van der Waals surface area contributed by atoms with Crippen molar-refractivity contribution in [2.45, 2.75) is 383 Å². The molecule has 2 aromatic carbocycles. The van der Waals surface area contributed by atoms with Crippen molar-refractivity contribution < 1.29 is 308 Å². The van der Waals surface area contributed by atoms with Crippen LogP contribution in [0.15, 0.2) is 82.8 Å². The predicted molar refractivity (Wildman–Crippen MR) is 413 cm³/mol. The maximum absolute atomic E-state index is 15.4. The van der Waals surface area contributed by atoms with Crippen LogP contribution in [0, 0.1) is 235 Å². The van der Waals surface area contributed by atoms with Crippen LogP contribution in [0.5, 0.6) is 0 Å². The molecule has 0 amide bonds. The summed E-state index contributed by atoms with van der Waals surface area (Å²) in [4.78, 5) is 13.0. The van der Waals surface area contributed by atoms with E-state index >= 15 is 16.8 Å². The molecule has 0 spiro atoms. The number of rotatable bonds is 28. The minimum absolute atomic E-state index is 0. The Kier molecular flexibility index (Phi) is 41.7. The van der Waals surface area contributed by atoms with E-state index < -0.39 is 211 Å². The van der Waals surface area contributed by atoms with Gasteiger partial charge in [0.05, 0.1) is 58.8 Å². The van der Waals surface area contributed by atoms with Gasteiger partial charge in [-0.3, -0.25) is 0 Å². The van der Waals surface area contributed by atoms with Crippen molar-refractivity contribution in [3.8, 4) is 0 Å².